The van der Waals surface area contributed by atoms with Crippen LogP contribution in [-0.4, -0.2) is 43.5 Å². The maximum Gasteiger partial charge on any atom is 0.157 e. The number of methoxy groups -OCH3 is 1. The minimum Gasteiger partial charge on any atom is -0.383 e. The Balaban J connectivity index is 1.85. The molecule has 1 atom stereocenters. The average Bonchev–Trinajstić information content (AvgIpc) is 3.29. The first-order valence-corrected chi connectivity index (χ1v) is 7.52. The molecule has 0 bridgehead atoms. The quantitative estimate of drug-likeness (QED) is 0.685. The van der Waals surface area contributed by atoms with E-state index < -0.39 is 0 Å². The van der Waals surface area contributed by atoms with Crippen molar-refractivity contribution in [1.82, 2.24) is 29.8 Å². The fourth-order valence-corrected chi connectivity index (χ4v) is 2.41. The lowest BCUT2D eigenvalue weighted by molar-refractivity contribution is 0.185. The smallest absolute Gasteiger partial charge is 0.157 e. The summed E-state index contributed by atoms with van der Waals surface area (Å²) in [4.78, 5) is 0. The van der Waals surface area contributed by atoms with E-state index >= 15 is 0 Å². The molecule has 0 spiro atoms. The van der Waals surface area contributed by atoms with E-state index in [-0.39, 0.29) is 6.04 Å². The van der Waals surface area contributed by atoms with E-state index in [0.29, 0.717) is 24.4 Å². The van der Waals surface area contributed by atoms with Gasteiger partial charge >= 0.3 is 0 Å². The molecule has 24 heavy (non-hydrogen) atoms. The lowest BCUT2D eigenvalue weighted by atomic mass is 10.1. The van der Waals surface area contributed by atoms with Crippen LogP contribution < -0.4 is 0 Å². The molecule has 0 aliphatic carbocycles. The van der Waals surface area contributed by atoms with Crippen LogP contribution in [0, 0.1) is 11.3 Å². The van der Waals surface area contributed by atoms with Crippen LogP contribution in [0.5, 0.6) is 0 Å². The zero-order chi connectivity index (χ0) is 16.9. The number of nitriles is 1. The molecule has 0 saturated carbocycles. The second-order valence-corrected chi connectivity index (χ2v) is 5.33. The van der Waals surface area contributed by atoms with Gasteiger partial charge in [-0.1, -0.05) is 17.3 Å². The number of rotatable bonds is 6. The van der Waals surface area contributed by atoms with Crippen LogP contribution in [0.3, 0.4) is 0 Å². The first kappa shape index (κ1) is 15.8. The monoisotopic (exact) mass is 323 g/mol. The highest BCUT2D eigenvalue weighted by Gasteiger charge is 2.17. The van der Waals surface area contributed by atoms with E-state index in [1.165, 1.54) is 0 Å². The summed E-state index contributed by atoms with van der Waals surface area (Å²) >= 11 is 0. The normalized spacial score (nSPS) is 12.0. The Morgan fingerprint density at radius 1 is 1.33 bits per heavy atom. The van der Waals surface area contributed by atoms with E-state index in [1.807, 2.05) is 29.8 Å². The van der Waals surface area contributed by atoms with Crippen LogP contribution in [0.1, 0.15) is 24.4 Å². The Morgan fingerprint density at radius 3 is 3.00 bits per heavy atom. The molecule has 2 heterocycles. The molecule has 0 radical (unpaired) electrons. The van der Waals surface area contributed by atoms with Gasteiger partial charge in [-0.15, -0.1) is 15.3 Å². The maximum atomic E-state index is 9.01. The molecule has 3 rings (SSSR count). The summed E-state index contributed by atoms with van der Waals surface area (Å²) in [5, 5.41) is 25.6. The van der Waals surface area contributed by atoms with Crippen molar-refractivity contribution in [3.8, 4) is 17.3 Å². The number of ether oxygens (including phenoxy) is 1. The van der Waals surface area contributed by atoms with Gasteiger partial charge in [-0.25, -0.2) is 4.68 Å². The first-order chi connectivity index (χ1) is 11.7. The maximum absolute atomic E-state index is 9.01. The van der Waals surface area contributed by atoms with Crippen molar-refractivity contribution in [2.75, 3.05) is 13.7 Å². The SMILES string of the molecule is COCCn1cnnc1C(C)n1cc(-c2cccc(C#N)c2)nn1. The number of nitrogens with zero attached hydrogens (tertiary/aromatic N) is 7. The molecule has 0 aliphatic rings. The van der Waals surface area contributed by atoms with Gasteiger partial charge in [-0.2, -0.15) is 5.26 Å². The Kier molecular flexibility index (Phi) is 4.63. The minimum absolute atomic E-state index is 0.121. The topological polar surface area (TPSA) is 94.4 Å². The molecule has 0 saturated heterocycles. The molecule has 122 valence electrons. The van der Waals surface area contributed by atoms with Gasteiger partial charge in [0.2, 0.25) is 0 Å². The van der Waals surface area contributed by atoms with Crippen LogP contribution >= 0.6 is 0 Å². The second-order valence-electron chi connectivity index (χ2n) is 5.33. The molecular formula is C16H17N7O. The van der Waals surface area contributed by atoms with Crippen molar-refractivity contribution in [3.05, 3.63) is 48.2 Å². The highest BCUT2D eigenvalue weighted by atomic mass is 16.5. The van der Waals surface area contributed by atoms with Crippen molar-refractivity contribution in [2.45, 2.75) is 19.5 Å². The second kappa shape index (κ2) is 7.02. The number of benzene rings is 1. The van der Waals surface area contributed by atoms with Gasteiger partial charge in [0.25, 0.3) is 0 Å². The zero-order valence-corrected chi connectivity index (χ0v) is 13.5. The van der Waals surface area contributed by atoms with Crippen LogP contribution in [0.2, 0.25) is 0 Å². The Hall–Kier alpha value is -3.05. The molecule has 1 aromatic carbocycles. The molecular weight excluding hydrogens is 306 g/mol. The molecule has 8 nitrogen and oxygen atoms in total. The molecule has 8 heteroatoms. The predicted octanol–water partition coefficient (Wildman–Crippen LogP) is 1.66. The Bertz CT molecular complexity index is 861. The van der Waals surface area contributed by atoms with Gasteiger partial charge in [0, 0.05) is 19.2 Å². The zero-order valence-electron chi connectivity index (χ0n) is 13.5. The van der Waals surface area contributed by atoms with Crippen LogP contribution in [-0.2, 0) is 11.3 Å². The third-order valence-electron chi connectivity index (χ3n) is 3.75. The van der Waals surface area contributed by atoms with E-state index in [1.54, 1.807) is 30.3 Å². The summed E-state index contributed by atoms with van der Waals surface area (Å²) in [6, 6.07) is 9.29. The molecule has 3 aromatic rings. The highest BCUT2D eigenvalue weighted by molar-refractivity contribution is 5.60. The fraction of sp³-hybridized carbons (Fsp3) is 0.312. The average molecular weight is 323 g/mol. The Labute approximate surface area is 139 Å². The summed E-state index contributed by atoms with van der Waals surface area (Å²) in [6.45, 7) is 3.24. The van der Waals surface area contributed by atoms with Crippen LogP contribution in [0.15, 0.2) is 36.8 Å². The van der Waals surface area contributed by atoms with E-state index in [2.05, 4.69) is 26.6 Å². The molecule has 2 aromatic heterocycles. The van der Waals surface area contributed by atoms with Gasteiger partial charge in [0.15, 0.2) is 5.82 Å². The lowest BCUT2D eigenvalue weighted by Crippen LogP contribution is -2.15. The first-order valence-electron chi connectivity index (χ1n) is 7.52. The predicted molar refractivity (Wildman–Crippen MR) is 85.9 cm³/mol. The summed E-state index contributed by atoms with van der Waals surface area (Å²) in [6.07, 6.45) is 3.52. The molecule has 0 aliphatic heterocycles. The van der Waals surface area contributed by atoms with E-state index in [0.717, 1.165) is 11.4 Å². The van der Waals surface area contributed by atoms with Crippen molar-refractivity contribution >= 4 is 0 Å². The summed E-state index contributed by atoms with van der Waals surface area (Å²) in [5.74, 6) is 0.786. The number of aromatic nitrogens is 6. The Morgan fingerprint density at radius 2 is 2.21 bits per heavy atom. The van der Waals surface area contributed by atoms with Crippen LogP contribution in [0.4, 0.5) is 0 Å². The van der Waals surface area contributed by atoms with Gasteiger partial charge in [0.1, 0.15) is 18.1 Å². The van der Waals surface area contributed by atoms with E-state index in [4.69, 9.17) is 10.00 Å². The third-order valence-corrected chi connectivity index (χ3v) is 3.75. The molecule has 0 amide bonds. The van der Waals surface area contributed by atoms with Crippen LogP contribution in [0.25, 0.3) is 11.3 Å². The third kappa shape index (κ3) is 3.16. The largest absolute Gasteiger partial charge is 0.383 e. The molecule has 0 N–H and O–H groups in total. The number of hydrogen-bond donors (Lipinski definition) is 0. The standard InChI is InChI=1S/C16H17N7O/c1-12(16-20-18-11-22(16)6-7-24-2)23-10-15(19-21-23)14-5-3-4-13(8-14)9-17/h3-5,8,10-12H,6-7H2,1-2H3. The van der Waals surface area contributed by atoms with Gasteiger partial charge in [-0.05, 0) is 19.1 Å². The van der Waals surface area contributed by atoms with Crippen molar-refractivity contribution in [1.29, 1.82) is 5.26 Å². The highest BCUT2D eigenvalue weighted by Crippen LogP contribution is 2.20. The summed E-state index contributed by atoms with van der Waals surface area (Å²) < 4.78 is 8.78. The molecule has 0 fully saturated rings. The van der Waals surface area contributed by atoms with Gasteiger partial charge in [0.05, 0.1) is 24.4 Å². The minimum atomic E-state index is -0.121. The fourth-order valence-electron chi connectivity index (χ4n) is 2.41. The number of hydrogen-bond acceptors (Lipinski definition) is 6. The molecule has 1 unspecified atom stereocenters. The van der Waals surface area contributed by atoms with Gasteiger partial charge < -0.3 is 9.30 Å². The van der Waals surface area contributed by atoms with Crippen molar-refractivity contribution in [3.63, 3.8) is 0 Å². The summed E-state index contributed by atoms with van der Waals surface area (Å²) in [5.41, 5.74) is 2.16. The van der Waals surface area contributed by atoms with Gasteiger partial charge in [-0.3, -0.25) is 0 Å². The lowest BCUT2D eigenvalue weighted by Gasteiger charge is -2.12. The van der Waals surface area contributed by atoms with E-state index in [9.17, 15) is 0 Å². The van der Waals surface area contributed by atoms with Crippen molar-refractivity contribution in [2.24, 2.45) is 0 Å². The summed E-state index contributed by atoms with van der Waals surface area (Å²) in [7, 11) is 1.66. The van der Waals surface area contributed by atoms with Crippen molar-refractivity contribution < 1.29 is 4.74 Å².